The SMILES string of the molecule is CCCN(CCC(C)(NCC)C(=O)O)CC1CC1. The van der Waals surface area contributed by atoms with Crippen molar-refractivity contribution in [1.82, 2.24) is 10.2 Å². The number of carboxylic acid groups (broad SMARTS) is 1. The molecule has 0 saturated heterocycles. The fraction of sp³-hybridized carbons (Fsp3) is 0.929. The van der Waals surface area contributed by atoms with E-state index in [4.69, 9.17) is 0 Å². The predicted molar refractivity (Wildman–Crippen MR) is 73.8 cm³/mol. The molecule has 2 N–H and O–H groups in total. The molecule has 1 aliphatic carbocycles. The number of carboxylic acids is 1. The summed E-state index contributed by atoms with van der Waals surface area (Å²) in [5, 5.41) is 12.4. The van der Waals surface area contributed by atoms with E-state index in [1.807, 2.05) is 6.92 Å². The van der Waals surface area contributed by atoms with Crippen LogP contribution in [0.15, 0.2) is 0 Å². The first-order valence-corrected chi connectivity index (χ1v) is 7.22. The van der Waals surface area contributed by atoms with E-state index in [0.29, 0.717) is 13.0 Å². The molecule has 0 aromatic heterocycles. The van der Waals surface area contributed by atoms with E-state index in [9.17, 15) is 9.90 Å². The summed E-state index contributed by atoms with van der Waals surface area (Å²) in [7, 11) is 0. The molecule has 1 saturated carbocycles. The Hall–Kier alpha value is -0.610. The Bertz CT molecular complexity index is 267. The van der Waals surface area contributed by atoms with Gasteiger partial charge in [0.1, 0.15) is 5.54 Å². The first-order valence-electron chi connectivity index (χ1n) is 7.22. The maximum atomic E-state index is 11.3. The Morgan fingerprint density at radius 2 is 2.06 bits per heavy atom. The molecule has 4 heteroatoms. The van der Waals surface area contributed by atoms with Crippen LogP contribution in [-0.2, 0) is 4.79 Å². The molecule has 18 heavy (non-hydrogen) atoms. The molecule has 4 nitrogen and oxygen atoms in total. The molecule has 0 amide bonds. The van der Waals surface area contributed by atoms with Crippen LogP contribution in [0.4, 0.5) is 0 Å². The quantitative estimate of drug-likeness (QED) is 0.627. The number of nitrogens with one attached hydrogen (secondary N) is 1. The minimum atomic E-state index is -0.787. The molecule has 0 aromatic rings. The van der Waals surface area contributed by atoms with E-state index in [-0.39, 0.29) is 0 Å². The van der Waals surface area contributed by atoms with Gasteiger partial charge >= 0.3 is 5.97 Å². The third-order valence-electron chi connectivity index (χ3n) is 3.72. The predicted octanol–water partition coefficient (Wildman–Crippen LogP) is 1.95. The Morgan fingerprint density at radius 1 is 1.39 bits per heavy atom. The maximum absolute atomic E-state index is 11.3. The summed E-state index contributed by atoms with van der Waals surface area (Å²) in [6, 6.07) is 0. The highest BCUT2D eigenvalue weighted by atomic mass is 16.4. The summed E-state index contributed by atoms with van der Waals surface area (Å²) >= 11 is 0. The number of hydrogen-bond acceptors (Lipinski definition) is 3. The number of carbonyl (C=O) groups is 1. The van der Waals surface area contributed by atoms with Crippen LogP contribution >= 0.6 is 0 Å². The second kappa shape index (κ2) is 7.10. The summed E-state index contributed by atoms with van der Waals surface area (Å²) in [5.74, 6) is 0.124. The number of aliphatic carboxylic acids is 1. The van der Waals surface area contributed by atoms with Gasteiger partial charge in [-0.15, -0.1) is 0 Å². The van der Waals surface area contributed by atoms with E-state index >= 15 is 0 Å². The molecular weight excluding hydrogens is 228 g/mol. The number of rotatable bonds is 10. The van der Waals surface area contributed by atoms with Crippen LogP contribution in [0.2, 0.25) is 0 Å². The molecule has 0 spiro atoms. The zero-order valence-electron chi connectivity index (χ0n) is 12.0. The molecule has 1 unspecified atom stereocenters. The van der Waals surface area contributed by atoms with Crippen molar-refractivity contribution >= 4 is 5.97 Å². The molecule has 0 radical (unpaired) electrons. The zero-order valence-corrected chi connectivity index (χ0v) is 12.0. The minimum absolute atomic E-state index is 0.670. The second-order valence-corrected chi connectivity index (χ2v) is 5.66. The van der Waals surface area contributed by atoms with Crippen molar-refractivity contribution in [3.05, 3.63) is 0 Å². The maximum Gasteiger partial charge on any atom is 0.323 e. The van der Waals surface area contributed by atoms with Crippen LogP contribution in [0, 0.1) is 5.92 Å². The van der Waals surface area contributed by atoms with Crippen LogP contribution < -0.4 is 5.32 Å². The molecule has 1 fully saturated rings. The lowest BCUT2D eigenvalue weighted by molar-refractivity contribution is -0.144. The lowest BCUT2D eigenvalue weighted by Gasteiger charge is -2.30. The highest BCUT2D eigenvalue weighted by molar-refractivity contribution is 5.78. The summed E-state index contributed by atoms with van der Waals surface area (Å²) < 4.78 is 0. The molecule has 1 atom stereocenters. The Balaban J connectivity index is 2.43. The molecule has 0 heterocycles. The van der Waals surface area contributed by atoms with Gasteiger partial charge in [-0.05, 0) is 51.6 Å². The van der Waals surface area contributed by atoms with E-state index in [2.05, 4.69) is 17.1 Å². The van der Waals surface area contributed by atoms with Gasteiger partial charge in [0.15, 0.2) is 0 Å². The summed E-state index contributed by atoms with van der Waals surface area (Å²) in [6.45, 7) is 9.73. The Morgan fingerprint density at radius 3 is 2.50 bits per heavy atom. The van der Waals surface area contributed by atoms with Crippen molar-refractivity contribution in [2.24, 2.45) is 5.92 Å². The van der Waals surface area contributed by atoms with Crippen molar-refractivity contribution in [2.45, 2.75) is 52.0 Å². The fourth-order valence-electron chi connectivity index (χ4n) is 2.32. The van der Waals surface area contributed by atoms with Crippen molar-refractivity contribution in [1.29, 1.82) is 0 Å². The summed E-state index contributed by atoms with van der Waals surface area (Å²) in [4.78, 5) is 13.8. The lowest BCUT2D eigenvalue weighted by Crippen LogP contribution is -2.51. The molecule has 0 aromatic carbocycles. The second-order valence-electron chi connectivity index (χ2n) is 5.66. The largest absolute Gasteiger partial charge is 0.480 e. The first-order chi connectivity index (χ1) is 8.51. The van der Waals surface area contributed by atoms with Gasteiger partial charge in [-0.25, -0.2) is 0 Å². The van der Waals surface area contributed by atoms with Gasteiger partial charge in [-0.3, -0.25) is 4.79 Å². The summed E-state index contributed by atoms with van der Waals surface area (Å²) in [5.41, 5.74) is -0.787. The van der Waals surface area contributed by atoms with Gasteiger partial charge in [-0.1, -0.05) is 13.8 Å². The monoisotopic (exact) mass is 256 g/mol. The number of likely N-dealkylation sites (N-methyl/N-ethyl adjacent to an activating group) is 1. The molecular formula is C14H28N2O2. The minimum Gasteiger partial charge on any atom is -0.480 e. The zero-order chi connectivity index (χ0) is 13.6. The van der Waals surface area contributed by atoms with Crippen molar-refractivity contribution in [2.75, 3.05) is 26.2 Å². The third kappa shape index (κ3) is 4.94. The Kier molecular flexibility index (Phi) is 6.09. The average Bonchev–Trinajstić information content (AvgIpc) is 3.10. The highest BCUT2D eigenvalue weighted by Gasteiger charge is 2.33. The van der Waals surface area contributed by atoms with Gasteiger partial charge in [0, 0.05) is 13.1 Å². The first kappa shape index (κ1) is 15.4. The molecule has 1 aliphatic rings. The number of hydrogen-bond donors (Lipinski definition) is 2. The molecule has 0 aliphatic heterocycles. The van der Waals surface area contributed by atoms with Crippen LogP contribution in [-0.4, -0.2) is 47.7 Å². The van der Waals surface area contributed by atoms with Crippen molar-refractivity contribution < 1.29 is 9.90 Å². The standard InChI is InChI=1S/C14H28N2O2/c1-4-9-16(11-12-6-7-12)10-8-14(3,13(17)18)15-5-2/h12,15H,4-11H2,1-3H3,(H,17,18). The van der Waals surface area contributed by atoms with E-state index in [0.717, 1.165) is 32.0 Å². The molecule has 1 rings (SSSR count). The lowest BCUT2D eigenvalue weighted by atomic mass is 9.97. The average molecular weight is 256 g/mol. The van der Waals surface area contributed by atoms with E-state index in [1.165, 1.54) is 12.8 Å². The van der Waals surface area contributed by atoms with Crippen molar-refractivity contribution in [3.8, 4) is 0 Å². The van der Waals surface area contributed by atoms with E-state index < -0.39 is 11.5 Å². The molecule has 106 valence electrons. The van der Waals surface area contributed by atoms with E-state index in [1.54, 1.807) is 6.92 Å². The fourth-order valence-corrected chi connectivity index (χ4v) is 2.32. The van der Waals surface area contributed by atoms with Crippen LogP contribution in [0.3, 0.4) is 0 Å². The van der Waals surface area contributed by atoms with Gasteiger partial charge in [0.2, 0.25) is 0 Å². The van der Waals surface area contributed by atoms with Gasteiger partial charge in [-0.2, -0.15) is 0 Å². The van der Waals surface area contributed by atoms with Gasteiger partial charge in [0.05, 0.1) is 0 Å². The van der Waals surface area contributed by atoms with Crippen LogP contribution in [0.25, 0.3) is 0 Å². The van der Waals surface area contributed by atoms with Crippen LogP contribution in [0.1, 0.15) is 46.5 Å². The van der Waals surface area contributed by atoms with Gasteiger partial charge in [0.25, 0.3) is 0 Å². The highest BCUT2D eigenvalue weighted by Crippen LogP contribution is 2.30. The molecule has 0 bridgehead atoms. The van der Waals surface area contributed by atoms with Crippen molar-refractivity contribution in [3.63, 3.8) is 0 Å². The normalized spacial score (nSPS) is 18.9. The number of nitrogens with zero attached hydrogens (tertiary/aromatic N) is 1. The Labute approximate surface area is 111 Å². The topological polar surface area (TPSA) is 52.6 Å². The van der Waals surface area contributed by atoms with Crippen LogP contribution in [0.5, 0.6) is 0 Å². The smallest absolute Gasteiger partial charge is 0.323 e. The third-order valence-corrected chi connectivity index (χ3v) is 3.72. The van der Waals surface area contributed by atoms with Gasteiger partial charge < -0.3 is 15.3 Å². The summed E-state index contributed by atoms with van der Waals surface area (Å²) in [6.07, 6.45) is 4.51.